The number of hydrogen-bond acceptors (Lipinski definition) is 0. The predicted octanol–water partition coefficient (Wildman–Crippen LogP) is 0.965. The molecule has 0 saturated carbocycles. The second kappa shape index (κ2) is 13.9. The monoisotopic (exact) mass is 216 g/mol. The molecule has 0 aromatic heterocycles. The molecular formula is C10H16O2Ti+2. The minimum atomic E-state index is 0. The minimum Gasteiger partial charge on any atom is -0.457 e. The maximum atomic E-state index is 2.00. The van der Waals surface area contributed by atoms with Crippen molar-refractivity contribution in [1.29, 1.82) is 0 Å². The quantitative estimate of drug-likeness (QED) is 0.357. The largest absolute Gasteiger partial charge is 2.00 e. The first kappa shape index (κ1) is 18.2. The molecule has 13 heavy (non-hydrogen) atoms. The summed E-state index contributed by atoms with van der Waals surface area (Å²) in [6, 6.07) is 20.0. The van der Waals surface area contributed by atoms with Crippen LogP contribution in [0.25, 0.3) is 0 Å². The molecule has 6 N–H and O–H groups in total. The van der Waals surface area contributed by atoms with Gasteiger partial charge in [0, 0.05) is 0 Å². The van der Waals surface area contributed by atoms with Crippen molar-refractivity contribution in [2.45, 2.75) is 0 Å². The molecule has 0 aliphatic rings. The van der Waals surface area contributed by atoms with Crippen molar-refractivity contribution in [2.75, 3.05) is 0 Å². The first-order chi connectivity index (χ1) is 5.00. The van der Waals surface area contributed by atoms with Gasteiger partial charge in [-0.2, -0.15) is 36.4 Å². The summed E-state index contributed by atoms with van der Waals surface area (Å²) in [5.74, 6) is 0. The molecule has 0 aliphatic carbocycles. The fourth-order valence-corrected chi connectivity index (χ4v) is 0.642. The van der Waals surface area contributed by atoms with E-state index in [0.717, 1.165) is 0 Å². The Kier molecular flexibility index (Phi) is 19.4. The average molecular weight is 216 g/mol. The number of rotatable bonds is 0. The Morgan fingerprint density at radius 1 is 0.538 bits per heavy atom. The molecule has 0 unspecified atom stereocenters. The summed E-state index contributed by atoms with van der Waals surface area (Å²) < 4.78 is 0. The first-order valence-corrected chi connectivity index (χ1v) is 3.33. The van der Waals surface area contributed by atoms with Crippen LogP contribution in [0.3, 0.4) is 0 Å². The summed E-state index contributed by atoms with van der Waals surface area (Å²) in [6.07, 6.45) is 0. The fraction of sp³-hybridized carbons (Fsp3) is 0. The first-order valence-electron chi connectivity index (χ1n) is 3.33. The van der Waals surface area contributed by atoms with Gasteiger partial charge in [-0.3, -0.25) is 0 Å². The third-order valence-corrected chi connectivity index (χ3v) is 1.11. The van der Waals surface area contributed by atoms with Crippen LogP contribution in [-0.2, 0) is 32.7 Å². The molecule has 0 atom stereocenters. The molecule has 2 rings (SSSR count). The Hall–Kier alpha value is -0.666. The third-order valence-electron chi connectivity index (χ3n) is 1.11. The van der Waals surface area contributed by atoms with Gasteiger partial charge in [0.05, 0.1) is 0 Å². The SMILES string of the molecule is [OH3+].[OH3+].[Ti+2].c1cc[cH-]c1.c1cc[cH-]c1. The molecule has 3 heteroatoms. The molecule has 0 spiro atoms. The van der Waals surface area contributed by atoms with E-state index in [1.165, 1.54) is 0 Å². The van der Waals surface area contributed by atoms with Crippen molar-refractivity contribution in [3.05, 3.63) is 60.7 Å². The molecule has 0 bridgehead atoms. The second-order valence-corrected chi connectivity index (χ2v) is 1.92. The second-order valence-electron chi connectivity index (χ2n) is 1.92. The summed E-state index contributed by atoms with van der Waals surface area (Å²) >= 11 is 0. The van der Waals surface area contributed by atoms with Crippen LogP contribution in [-0.4, -0.2) is 0 Å². The maximum absolute atomic E-state index is 2.00. The van der Waals surface area contributed by atoms with E-state index in [4.69, 9.17) is 0 Å². The molecule has 70 valence electrons. The molecule has 0 fully saturated rings. The van der Waals surface area contributed by atoms with Gasteiger partial charge >= 0.3 is 21.7 Å². The summed E-state index contributed by atoms with van der Waals surface area (Å²) in [6.45, 7) is 0. The van der Waals surface area contributed by atoms with Crippen LogP contribution in [0.15, 0.2) is 60.7 Å². The summed E-state index contributed by atoms with van der Waals surface area (Å²) in [5.41, 5.74) is 0. The van der Waals surface area contributed by atoms with Crippen molar-refractivity contribution in [3.8, 4) is 0 Å². The Balaban J connectivity index is -0.000000125. The molecule has 2 aromatic carbocycles. The van der Waals surface area contributed by atoms with Gasteiger partial charge < -0.3 is 11.0 Å². The smallest absolute Gasteiger partial charge is 0.457 e. The van der Waals surface area contributed by atoms with E-state index < -0.39 is 0 Å². The molecular weight excluding hydrogens is 200 g/mol. The topological polar surface area (TPSA) is 66.0 Å². The van der Waals surface area contributed by atoms with E-state index in [-0.39, 0.29) is 32.7 Å². The zero-order valence-corrected chi connectivity index (χ0v) is 8.99. The fourth-order valence-electron chi connectivity index (χ4n) is 0.642. The summed E-state index contributed by atoms with van der Waals surface area (Å²) in [5, 5.41) is 0. The molecule has 0 amide bonds. The maximum Gasteiger partial charge on any atom is 2.00 e. The van der Waals surface area contributed by atoms with Gasteiger partial charge in [0.25, 0.3) is 0 Å². The Labute approximate surface area is 93.4 Å². The Morgan fingerprint density at radius 2 is 0.769 bits per heavy atom. The van der Waals surface area contributed by atoms with Crippen LogP contribution in [0.4, 0.5) is 0 Å². The molecule has 0 aliphatic heterocycles. The van der Waals surface area contributed by atoms with Gasteiger partial charge in [0.2, 0.25) is 0 Å². The van der Waals surface area contributed by atoms with Crippen molar-refractivity contribution >= 4 is 0 Å². The zero-order valence-electron chi connectivity index (χ0n) is 7.43. The average Bonchev–Trinajstić information content (AvgIpc) is 2.67. The van der Waals surface area contributed by atoms with Crippen molar-refractivity contribution in [2.24, 2.45) is 0 Å². The molecule has 2 nitrogen and oxygen atoms in total. The van der Waals surface area contributed by atoms with Gasteiger partial charge in [-0.15, -0.1) is 0 Å². The molecule has 2 aromatic rings. The van der Waals surface area contributed by atoms with E-state index in [0.29, 0.717) is 0 Å². The van der Waals surface area contributed by atoms with Crippen molar-refractivity contribution in [1.82, 2.24) is 0 Å². The summed E-state index contributed by atoms with van der Waals surface area (Å²) in [7, 11) is 0. The minimum absolute atomic E-state index is 0. The standard InChI is InChI=1S/2C5H5.2H2O.Ti/c2*1-2-4-5-3-1;;;/h2*1-5H;2*1H2;/q2*-1;;;+2/p+2. The Morgan fingerprint density at radius 3 is 0.846 bits per heavy atom. The van der Waals surface area contributed by atoms with E-state index >= 15 is 0 Å². The third kappa shape index (κ3) is 11.3. The predicted molar refractivity (Wildman–Crippen MR) is 53.8 cm³/mol. The van der Waals surface area contributed by atoms with E-state index in [1.807, 2.05) is 60.7 Å². The van der Waals surface area contributed by atoms with Crippen LogP contribution in [0.2, 0.25) is 0 Å². The van der Waals surface area contributed by atoms with E-state index in [1.54, 1.807) is 0 Å². The van der Waals surface area contributed by atoms with Crippen molar-refractivity contribution < 1.29 is 32.7 Å². The van der Waals surface area contributed by atoms with E-state index in [9.17, 15) is 0 Å². The summed E-state index contributed by atoms with van der Waals surface area (Å²) in [4.78, 5) is 0. The van der Waals surface area contributed by atoms with E-state index in [2.05, 4.69) is 0 Å². The van der Waals surface area contributed by atoms with Crippen LogP contribution in [0, 0.1) is 0 Å². The van der Waals surface area contributed by atoms with Gasteiger partial charge in [-0.25, -0.2) is 24.3 Å². The van der Waals surface area contributed by atoms with Gasteiger partial charge in [-0.1, -0.05) is 0 Å². The molecule has 0 heterocycles. The van der Waals surface area contributed by atoms with Crippen LogP contribution in [0.1, 0.15) is 0 Å². The zero-order chi connectivity index (χ0) is 7.07. The van der Waals surface area contributed by atoms with Crippen LogP contribution < -0.4 is 0 Å². The van der Waals surface area contributed by atoms with Gasteiger partial charge in [0.15, 0.2) is 0 Å². The van der Waals surface area contributed by atoms with Gasteiger partial charge in [-0.05, 0) is 0 Å². The molecule has 0 radical (unpaired) electrons. The molecule has 0 saturated heterocycles. The number of hydrogen-bond donors (Lipinski definition) is 0. The normalized spacial score (nSPS) is 6.15. The van der Waals surface area contributed by atoms with Gasteiger partial charge in [0.1, 0.15) is 0 Å². The van der Waals surface area contributed by atoms with Crippen molar-refractivity contribution in [3.63, 3.8) is 0 Å². The Bertz CT molecular complexity index is 152. The van der Waals surface area contributed by atoms with Crippen LogP contribution >= 0.6 is 0 Å². The van der Waals surface area contributed by atoms with Crippen LogP contribution in [0.5, 0.6) is 0 Å².